The van der Waals surface area contributed by atoms with Gasteiger partial charge in [0.2, 0.25) is 10.0 Å². The summed E-state index contributed by atoms with van der Waals surface area (Å²) in [5.74, 6) is 0. The van der Waals surface area contributed by atoms with E-state index in [1.54, 1.807) is 6.92 Å². The zero-order valence-corrected chi connectivity index (χ0v) is 14.5. The van der Waals surface area contributed by atoms with Crippen molar-refractivity contribution in [1.82, 2.24) is 9.62 Å². The Hall–Kier alpha value is -1.11. The van der Waals surface area contributed by atoms with E-state index in [2.05, 4.69) is 9.62 Å². The number of hydrogen-bond acceptors (Lipinski definition) is 4. The summed E-state index contributed by atoms with van der Waals surface area (Å²) in [6.45, 7) is 6.85. The Morgan fingerprint density at radius 2 is 1.76 bits per heavy atom. The summed E-state index contributed by atoms with van der Waals surface area (Å²) in [7, 11) is 0.502. The van der Waals surface area contributed by atoms with E-state index in [-0.39, 0.29) is 0 Å². The fourth-order valence-corrected chi connectivity index (χ4v) is 3.92. The molecule has 0 spiro atoms. The predicted molar refractivity (Wildman–Crippen MR) is 88.0 cm³/mol. The second-order valence-electron chi connectivity index (χ2n) is 5.77. The Kier molecular flexibility index (Phi) is 6.19. The van der Waals surface area contributed by atoms with Gasteiger partial charge >= 0.3 is 0 Å². The van der Waals surface area contributed by atoms with Crippen LogP contribution in [0.15, 0.2) is 11.0 Å². The Morgan fingerprint density at radius 3 is 2.33 bits per heavy atom. The number of hydrogen-bond donors (Lipinski definition) is 2. The molecule has 3 N–H and O–H groups in total. The number of nitrogen functional groups attached to an aromatic ring is 1. The van der Waals surface area contributed by atoms with E-state index < -0.39 is 10.0 Å². The molecule has 0 aliphatic rings. The first-order valence-corrected chi connectivity index (χ1v) is 8.65. The summed E-state index contributed by atoms with van der Waals surface area (Å²) in [6.07, 6.45) is 1.78. The highest BCUT2D eigenvalue weighted by atomic mass is 32.2. The molecular weight excluding hydrogens is 286 g/mol. The van der Waals surface area contributed by atoms with Gasteiger partial charge in [0.1, 0.15) is 0 Å². The fourth-order valence-electron chi connectivity index (χ4n) is 2.28. The van der Waals surface area contributed by atoms with Gasteiger partial charge in [-0.05, 0) is 77.0 Å². The lowest BCUT2D eigenvalue weighted by atomic mass is 10.1. The number of benzene rings is 1. The Bertz CT molecular complexity index is 569. The molecule has 1 aromatic rings. The molecule has 21 heavy (non-hydrogen) atoms. The molecule has 0 radical (unpaired) electrons. The van der Waals surface area contributed by atoms with Crippen molar-refractivity contribution in [1.29, 1.82) is 0 Å². The van der Waals surface area contributed by atoms with Crippen LogP contribution in [0.3, 0.4) is 0 Å². The third kappa shape index (κ3) is 4.69. The highest BCUT2D eigenvalue weighted by Gasteiger charge is 2.21. The van der Waals surface area contributed by atoms with Gasteiger partial charge in [-0.3, -0.25) is 0 Å². The highest BCUT2D eigenvalue weighted by Crippen LogP contribution is 2.27. The number of nitrogens with zero attached hydrogens (tertiary/aromatic N) is 1. The predicted octanol–water partition coefficient (Wildman–Crippen LogP) is 1.81. The molecule has 0 unspecified atom stereocenters. The first-order chi connectivity index (χ1) is 9.66. The number of sulfonamides is 1. The lowest BCUT2D eigenvalue weighted by Crippen LogP contribution is -2.27. The maximum atomic E-state index is 12.5. The molecular formula is C15H27N3O2S. The van der Waals surface area contributed by atoms with Crippen molar-refractivity contribution in [2.45, 2.75) is 38.5 Å². The minimum Gasteiger partial charge on any atom is -0.398 e. The summed E-state index contributed by atoms with van der Waals surface area (Å²) >= 11 is 0. The van der Waals surface area contributed by atoms with Crippen LogP contribution >= 0.6 is 0 Å². The molecule has 1 rings (SSSR count). The second kappa shape index (κ2) is 7.24. The highest BCUT2D eigenvalue weighted by molar-refractivity contribution is 7.89. The molecule has 0 aliphatic heterocycles. The average molecular weight is 313 g/mol. The van der Waals surface area contributed by atoms with Crippen molar-refractivity contribution >= 4 is 15.7 Å². The molecule has 0 heterocycles. The monoisotopic (exact) mass is 313 g/mol. The van der Waals surface area contributed by atoms with Crippen LogP contribution in [0.25, 0.3) is 0 Å². The summed E-state index contributed by atoms with van der Waals surface area (Å²) in [6, 6.07) is 1.82. The van der Waals surface area contributed by atoms with Crippen LogP contribution in [0.2, 0.25) is 0 Å². The molecule has 0 aliphatic carbocycles. The van der Waals surface area contributed by atoms with E-state index >= 15 is 0 Å². The van der Waals surface area contributed by atoms with Crippen molar-refractivity contribution in [2.24, 2.45) is 0 Å². The van der Waals surface area contributed by atoms with Gasteiger partial charge in [0.05, 0.1) is 4.90 Å². The van der Waals surface area contributed by atoms with Crippen LogP contribution in [0.5, 0.6) is 0 Å². The maximum absolute atomic E-state index is 12.5. The summed E-state index contributed by atoms with van der Waals surface area (Å²) in [5, 5.41) is 0. The van der Waals surface area contributed by atoms with Gasteiger partial charge in [0, 0.05) is 12.2 Å². The molecule has 0 aromatic heterocycles. The Labute approximate surface area is 128 Å². The maximum Gasteiger partial charge on any atom is 0.241 e. The van der Waals surface area contributed by atoms with E-state index in [1.165, 1.54) is 0 Å². The smallest absolute Gasteiger partial charge is 0.241 e. The molecule has 0 fully saturated rings. The van der Waals surface area contributed by atoms with Crippen molar-refractivity contribution in [3.05, 3.63) is 22.8 Å². The number of nitrogens with one attached hydrogen (secondary N) is 1. The molecule has 0 bridgehead atoms. The molecule has 5 nitrogen and oxygen atoms in total. The molecule has 120 valence electrons. The van der Waals surface area contributed by atoms with E-state index in [9.17, 15) is 8.42 Å². The summed E-state index contributed by atoms with van der Waals surface area (Å²) < 4.78 is 27.7. The van der Waals surface area contributed by atoms with Gasteiger partial charge in [-0.1, -0.05) is 0 Å². The lowest BCUT2D eigenvalue weighted by Gasteiger charge is -2.16. The third-order valence-corrected chi connectivity index (χ3v) is 5.40. The van der Waals surface area contributed by atoms with Crippen molar-refractivity contribution in [2.75, 3.05) is 32.9 Å². The first-order valence-electron chi connectivity index (χ1n) is 7.17. The Morgan fingerprint density at radius 1 is 1.14 bits per heavy atom. The standard InChI is InChI=1S/C15H27N3O2S/c1-11-10-14(16)13(3)15(12(11)2)21(19,20)17-8-6-7-9-18(4)5/h10,17H,6-9,16H2,1-5H3. The largest absolute Gasteiger partial charge is 0.398 e. The lowest BCUT2D eigenvalue weighted by molar-refractivity contribution is 0.394. The van der Waals surface area contributed by atoms with Crippen molar-refractivity contribution < 1.29 is 8.42 Å². The number of aryl methyl sites for hydroxylation is 1. The molecule has 1 aromatic carbocycles. The van der Waals surface area contributed by atoms with Crippen molar-refractivity contribution in [3.63, 3.8) is 0 Å². The molecule has 0 atom stereocenters. The van der Waals surface area contributed by atoms with E-state index in [1.807, 2.05) is 34.0 Å². The van der Waals surface area contributed by atoms with Gasteiger partial charge in [-0.2, -0.15) is 0 Å². The molecule has 0 saturated carbocycles. The van der Waals surface area contributed by atoms with E-state index in [4.69, 9.17) is 5.73 Å². The van der Waals surface area contributed by atoms with E-state index in [0.29, 0.717) is 22.7 Å². The second-order valence-corrected chi connectivity index (χ2v) is 7.47. The van der Waals surface area contributed by atoms with Crippen molar-refractivity contribution in [3.8, 4) is 0 Å². The van der Waals surface area contributed by atoms with E-state index in [0.717, 1.165) is 30.5 Å². The minimum absolute atomic E-state index is 0.326. The SMILES string of the molecule is Cc1cc(N)c(C)c(S(=O)(=O)NCCCCN(C)C)c1C. The van der Waals surface area contributed by atoms with Crippen LogP contribution in [-0.4, -0.2) is 40.5 Å². The summed E-state index contributed by atoms with van der Waals surface area (Å²) in [5.41, 5.74) is 8.70. The third-order valence-electron chi connectivity index (χ3n) is 3.67. The normalized spacial score (nSPS) is 12.1. The Balaban J connectivity index is 2.84. The number of nitrogens with two attached hydrogens (primary N) is 1. The molecule has 0 saturated heterocycles. The van der Waals surface area contributed by atoms with Gasteiger partial charge in [-0.25, -0.2) is 13.1 Å². The minimum atomic E-state index is -3.51. The van der Waals surface area contributed by atoms with Gasteiger partial charge in [0.15, 0.2) is 0 Å². The summed E-state index contributed by atoms with van der Waals surface area (Å²) in [4.78, 5) is 2.41. The molecule has 0 amide bonds. The van der Waals surface area contributed by atoms with Crippen LogP contribution in [-0.2, 0) is 10.0 Å². The topological polar surface area (TPSA) is 75.4 Å². The molecule has 6 heteroatoms. The van der Waals surface area contributed by atoms with Crippen LogP contribution in [0, 0.1) is 20.8 Å². The van der Waals surface area contributed by atoms with Gasteiger partial charge in [-0.15, -0.1) is 0 Å². The van der Waals surface area contributed by atoms with Crippen LogP contribution in [0.4, 0.5) is 5.69 Å². The zero-order valence-electron chi connectivity index (χ0n) is 13.7. The van der Waals surface area contributed by atoms with Crippen LogP contribution in [0.1, 0.15) is 29.5 Å². The van der Waals surface area contributed by atoms with Gasteiger partial charge < -0.3 is 10.6 Å². The van der Waals surface area contributed by atoms with Crippen LogP contribution < -0.4 is 10.5 Å². The average Bonchev–Trinajstić information content (AvgIpc) is 2.35. The quantitative estimate of drug-likeness (QED) is 0.595. The van der Waals surface area contributed by atoms with Gasteiger partial charge in [0.25, 0.3) is 0 Å². The number of rotatable bonds is 7. The zero-order chi connectivity index (χ0) is 16.2. The fraction of sp³-hybridized carbons (Fsp3) is 0.600. The number of unbranched alkanes of at least 4 members (excludes halogenated alkanes) is 1. The number of anilines is 1. The first kappa shape index (κ1) is 17.9.